The van der Waals surface area contributed by atoms with Gasteiger partial charge in [0.15, 0.2) is 0 Å². The van der Waals surface area contributed by atoms with Gasteiger partial charge in [0, 0.05) is 5.56 Å². The highest BCUT2D eigenvalue weighted by molar-refractivity contribution is 6.08. The number of anilines is 1. The van der Waals surface area contributed by atoms with Gasteiger partial charge < -0.3 is 0 Å². The van der Waals surface area contributed by atoms with Crippen molar-refractivity contribution >= 4 is 24.0 Å². The zero-order valence-corrected chi connectivity index (χ0v) is 13.3. The van der Waals surface area contributed by atoms with Crippen molar-refractivity contribution in [3.63, 3.8) is 0 Å². The number of hydrogen-bond donors (Lipinski definition) is 2. The normalized spacial score (nSPS) is 16.6. The van der Waals surface area contributed by atoms with Crippen LogP contribution < -0.4 is 10.4 Å². The number of halogens is 3. The van der Waals surface area contributed by atoms with Gasteiger partial charge in [-0.15, -0.1) is 0 Å². The van der Waals surface area contributed by atoms with E-state index in [1.54, 1.807) is 29.8 Å². The third kappa shape index (κ3) is 3.45. The minimum Gasteiger partial charge on any atom is -0.290 e. The molecule has 3 rings (SSSR count). The fourth-order valence-corrected chi connectivity index (χ4v) is 2.66. The van der Waals surface area contributed by atoms with E-state index in [1.807, 2.05) is 12.1 Å². The van der Waals surface area contributed by atoms with Gasteiger partial charge >= 0.3 is 6.18 Å². The summed E-state index contributed by atoms with van der Waals surface area (Å²) in [6.45, 7) is 0. The molecular formula is C18H14F3N3O2. The molecule has 2 N–H and O–H groups in total. The number of carbonyl (C=O) groups excluding carboxylic acids is 1. The quantitative estimate of drug-likeness (QED) is 0.498. The van der Waals surface area contributed by atoms with Gasteiger partial charge in [-0.25, -0.2) is 4.99 Å². The third-order valence-corrected chi connectivity index (χ3v) is 3.87. The van der Waals surface area contributed by atoms with E-state index in [2.05, 4.69) is 4.99 Å². The second kappa shape index (κ2) is 7.01. The number of alkyl halides is 3. The number of nitrogens with one attached hydrogen (secondary N) is 1. The molecule has 26 heavy (non-hydrogen) atoms. The molecule has 1 aliphatic heterocycles. The minimum absolute atomic E-state index is 0.0975. The Labute approximate surface area is 147 Å². The molecule has 0 saturated heterocycles. The van der Waals surface area contributed by atoms with Crippen LogP contribution in [0.3, 0.4) is 0 Å². The van der Waals surface area contributed by atoms with Crippen LogP contribution in [0.25, 0.3) is 6.08 Å². The summed E-state index contributed by atoms with van der Waals surface area (Å²) in [4.78, 5) is 18.3. The first-order valence-electron chi connectivity index (χ1n) is 7.61. The number of fused-ring (bicyclic) bond motifs is 1. The van der Waals surface area contributed by atoms with Crippen LogP contribution in [0, 0.1) is 0 Å². The summed E-state index contributed by atoms with van der Waals surface area (Å²) in [6, 6.07) is 11.1. The molecule has 0 saturated carbocycles. The number of aliphatic imine (C=N–C) groups is 1. The van der Waals surface area contributed by atoms with Crippen LogP contribution in [-0.2, 0) is 6.18 Å². The molecule has 8 heteroatoms. The Morgan fingerprint density at radius 3 is 2.50 bits per heavy atom. The van der Waals surface area contributed by atoms with Crippen LogP contribution in [0.5, 0.6) is 0 Å². The van der Waals surface area contributed by atoms with E-state index < -0.39 is 23.8 Å². The van der Waals surface area contributed by atoms with Crippen LogP contribution in [0.1, 0.15) is 21.5 Å². The third-order valence-electron chi connectivity index (χ3n) is 3.87. The molecule has 1 aliphatic rings. The number of benzene rings is 2. The lowest BCUT2D eigenvalue weighted by molar-refractivity contribution is -0.137. The maximum absolute atomic E-state index is 13.0. The summed E-state index contributed by atoms with van der Waals surface area (Å²) in [7, 11) is 0. The molecule has 0 aromatic heterocycles. The molecule has 1 atom stereocenters. The summed E-state index contributed by atoms with van der Waals surface area (Å²) in [5.74, 6) is -0.504. The van der Waals surface area contributed by atoms with Crippen LogP contribution in [0.4, 0.5) is 18.9 Å². The van der Waals surface area contributed by atoms with Crippen LogP contribution in [0.15, 0.2) is 59.6 Å². The first-order chi connectivity index (χ1) is 12.4. The number of hydrogen-bond acceptors (Lipinski definition) is 3. The van der Waals surface area contributed by atoms with Crippen LogP contribution in [0.2, 0.25) is 0 Å². The lowest BCUT2D eigenvalue weighted by Crippen LogP contribution is -2.40. The highest BCUT2D eigenvalue weighted by Gasteiger charge is 2.32. The number of amides is 1. The van der Waals surface area contributed by atoms with E-state index >= 15 is 0 Å². The van der Waals surface area contributed by atoms with E-state index in [0.717, 1.165) is 36.2 Å². The fraction of sp³-hybridized carbons (Fsp3) is 0.111. The summed E-state index contributed by atoms with van der Waals surface area (Å²) in [5.41, 5.74) is 2.39. The van der Waals surface area contributed by atoms with E-state index in [9.17, 15) is 18.0 Å². The lowest BCUT2D eigenvalue weighted by atomic mass is 10.0. The maximum atomic E-state index is 13.0. The summed E-state index contributed by atoms with van der Waals surface area (Å²) in [5, 5.41) is 8.71. The maximum Gasteiger partial charge on any atom is 0.416 e. The second-order valence-electron chi connectivity index (χ2n) is 5.49. The van der Waals surface area contributed by atoms with Crippen LogP contribution in [-0.4, -0.2) is 23.6 Å². The average molecular weight is 361 g/mol. The van der Waals surface area contributed by atoms with Crippen molar-refractivity contribution < 1.29 is 23.2 Å². The van der Waals surface area contributed by atoms with Gasteiger partial charge in [0.1, 0.15) is 12.5 Å². The van der Waals surface area contributed by atoms with Crippen molar-refractivity contribution in [3.8, 4) is 0 Å². The Bertz CT molecular complexity index is 861. The molecule has 2 aromatic carbocycles. The first kappa shape index (κ1) is 17.7. The smallest absolute Gasteiger partial charge is 0.290 e. The molecular weight excluding hydrogens is 347 g/mol. The highest BCUT2D eigenvalue weighted by atomic mass is 19.4. The Balaban J connectivity index is 1.99. The van der Waals surface area contributed by atoms with Crippen LogP contribution >= 0.6 is 0 Å². The molecule has 134 valence electrons. The van der Waals surface area contributed by atoms with Crippen molar-refractivity contribution in [1.29, 1.82) is 0 Å². The highest BCUT2D eigenvalue weighted by Crippen LogP contribution is 2.32. The van der Waals surface area contributed by atoms with Gasteiger partial charge in [0.25, 0.3) is 5.91 Å². The van der Waals surface area contributed by atoms with Crippen molar-refractivity contribution in [3.05, 3.63) is 71.3 Å². The number of carbonyl (C=O) groups is 1. The van der Waals surface area contributed by atoms with Gasteiger partial charge in [-0.2, -0.15) is 13.2 Å². The minimum atomic E-state index is -4.47. The van der Waals surface area contributed by atoms with E-state index in [1.165, 1.54) is 4.90 Å². The first-order valence-corrected chi connectivity index (χ1v) is 7.61. The zero-order chi connectivity index (χ0) is 18.7. The molecule has 5 nitrogen and oxygen atoms in total. The summed E-state index contributed by atoms with van der Waals surface area (Å²) < 4.78 is 38.2. The molecule has 0 radical (unpaired) electrons. The van der Waals surface area contributed by atoms with Crippen molar-refractivity contribution in [2.45, 2.75) is 12.3 Å². The summed E-state index contributed by atoms with van der Waals surface area (Å²) >= 11 is 0. The molecule has 1 heterocycles. The Morgan fingerprint density at radius 2 is 1.85 bits per heavy atom. The van der Waals surface area contributed by atoms with E-state index in [4.69, 9.17) is 5.21 Å². The van der Waals surface area contributed by atoms with Gasteiger partial charge in [0.2, 0.25) is 0 Å². The van der Waals surface area contributed by atoms with Crippen molar-refractivity contribution in [2.75, 3.05) is 4.90 Å². The number of rotatable bonds is 3. The molecule has 0 bridgehead atoms. The molecule has 1 amide bonds. The van der Waals surface area contributed by atoms with E-state index in [0.29, 0.717) is 5.69 Å². The van der Waals surface area contributed by atoms with Gasteiger partial charge in [-0.3, -0.25) is 20.4 Å². The Hall–Kier alpha value is -3.13. The standard InChI is InChI=1S/C18H14F3N3O2/c19-18(20,21)14-8-5-13(6-9-14)17(25)24-15-4-2-1-3-12(15)7-10-16(24)22-11-23-26/h1-11,16,26H,(H,22,23). The fourth-order valence-electron chi connectivity index (χ4n) is 2.66. The predicted octanol–water partition coefficient (Wildman–Crippen LogP) is 3.71. The molecule has 2 aromatic rings. The van der Waals surface area contributed by atoms with Crippen molar-refractivity contribution in [1.82, 2.24) is 5.48 Å². The lowest BCUT2D eigenvalue weighted by Gasteiger charge is -2.31. The molecule has 0 aliphatic carbocycles. The van der Waals surface area contributed by atoms with Crippen molar-refractivity contribution in [2.24, 2.45) is 4.99 Å². The molecule has 0 fully saturated rings. The Kier molecular flexibility index (Phi) is 4.77. The molecule has 0 spiro atoms. The molecule has 1 unspecified atom stereocenters. The topological polar surface area (TPSA) is 64.9 Å². The number of nitrogens with zero attached hydrogens (tertiary/aromatic N) is 2. The monoisotopic (exact) mass is 361 g/mol. The predicted molar refractivity (Wildman–Crippen MR) is 90.9 cm³/mol. The second-order valence-corrected chi connectivity index (χ2v) is 5.49. The SMILES string of the molecule is O=C(c1ccc(C(F)(F)F)cc1)N1c2ccccc2C=CC1N=CNO. The van der Waals surface area contributed by atoms with E-state index in [-0.39, 0.29) is 5.56 Å². The van der Waals surface area contributed by atoms with Gasteiger partial charge in [0.05, 0.1) is 11.3 Å². The van der Waals surface area contributed by atoms with Gasteiger partial charge in [-0.1, -0.05) is 24.3 Å². The Morgan fingerprint density at radius 1 is 1.15 bits per heavy atom. The average Bonchev–Trinajstić information content (AvgIpc) is 2.64. The zero-order valence-electron chi connectivity index (χ0n) is 13.3. The van der Waals surface area contributed by atoms with Gasteiger partial charge in [-0.05, 0) is 42.0 Å². The number of hydroxylamine groups is 1. The largest absolute Gasteiger partial charge is 0.416 e. The summed E-state index contributed by atoms with van der Waals surface area (Å²) in [6.07, 6.45) is -0.763. The number of para-hydroxylation sites is 1.